The van der Waals surface area contributed by atoms with Crippen molar-refractivity contribution in [2.24, 2.45) is 0 Å². The van der Waals surface area contributed by atoms with Crippen LogP contribution >= 0.6 is 0 Å². The first-order chi connectivity index (χ1) is 21.8. The van der Waals surface area contributed by atoms with Gasteiger partial charge in [-0.3, -0.25) is 4.98 Å². The van der Waals surface area contributed by atoms with Gasteiger partial charge >= 0.3 is 0 Å². The molecule has 4 heteroatoms. The quantitative estimate of drug-likeness (QED) is 0.209. The summed E-state index contributed by atoms with van der Waals surface area (Å²) in [4.78, 5) is 19.3. The highest BCUT2D eigenvalue weighted by Crippen LogP contribution is 2.38. The van der Waals surface area contributed by atoms with Gasteiger partial charge in [-0.1, -0.05) is 146 Å². The van der Waals surface area contributed by atoms with Gasteiger partial charge in [0, 0.05) is 33.8 Å². The second kappa shape index (κ2) is 11.0. The lowest BCUT2D eigenvalue weighted by Crippen LogP contribution is -2.00. The third kappa shape index (κ3) is 4.69. The fraction of sp³-hybridized carbons (Fsp3) is 0. The topological polar surface area (TPSA) is 51.6 Å². The third-order valence-corrected chi connectivity index (χ3v) is 8.00. The van der Waals surface area contributed by atoms with Gasteiger partial charge in [0.2, 0.25) is 0 Å². The van der Waals surface area contributed by atoms with E-state index in [0.29, 0.717) is 17.5 Å². The van der Waals surface area contributed by atoms with E-state index in [1.165, 1.54) is 21.9 Å². The highest BCUT2D eigenvalue weighted by molar-refractivity contribution is 6.08. The molecule has 0 aliphatic heterocycles. The minimum Gasteiger partial charge on any atom is -0.256 e. The molecule has 0 amide bonds. The van der Waals surface area contributed by atoms with Crippen LogP contribution in [0.2, 0.25) is 0 Å². The summed E-state index contributed by atoms with van der Waals surface area (Å²) in [6.07, 6.45) is 1.86. The van der Waals surface area contributed by atoms with Gasteiger partial charge in [-0.2, -0.15) is 0 Å². The maximum atomic E-state index is 4.89. The first-order valence-electron chi connectivity index (χ1n) is 14.7. The Balaban J connectivity index is 1.22. The number of hydrogen-bond acceptors (Lipinski definition) is 4. The summed E-state index contributed by atoms with van der Waals surface area (Å²) in [5.41, 5.74) is 8.49. The van der Waals surface area contributed by atoms with Gasteiger partial charge < -0.3 is 0 Å². The van der Waals surface area contributed by atoms with Gasteiger partial charge in [0.25, 0.3) is 0 Å². The lowest BCUT2D eigenvalue weighted by atomic mass is 9.91. The van der Waals surface area contributed by atoms with Gasteiger partial charge in [0.15, 0.2) is 17.5 Å². The second-order valence-electron chi connectivity index (χ2n) is 10.7. The Morgan fingerprint density at radius 3 is 1.45 bits per heavy atom. The normalized spacial score (nSPS) is 11.2. The number of nitrogens with zero attached hydrogens (tertiary/aromatic N) is 4. The number of hydrogen-bond donors (Lipinski definition) is 0. The van der Waals surface area contributed by atoms with E-state index >= 15 is 0 Å². The molecule has 0 N–H and O–H groups in total. The Labute approximate surface area is 255 Å². The van der Waals surface area contributed by atoms with Crippen LogP contribution in [0.1, 0.15) is 0 Å². The van der Waals surface area contributed by atoms with Crippen molar-refractivity contribution in [2.45, 2.75) is 0 Å². The number of para-hydroxylation sites is 1. The summed E-state index contributed by atoms with van der Waals surface area (Å²) < 4.78 is 0. The zero-order valence-corrected chi connectivity index (χ0v) is 23.8. The second-order valence-corrected chi connectivity index (χ2v) is 10.7. The first kappa shape index (κ1) is 25.7. The summed E-state index contributed by atoms with van der Waals surface area (Å²) in [5, 5.41) is 3.53. The monoisotopic (exact) mass is 562 g/mol. The maximum absolute atomic E-state index is 4.89. The van der Waals surface area contributed by atoms with Crippen molar-refractivity contribution in [3.05, 3.63) is 158 Å². The third-order valence-electron chi connectivity index (χ3n) is 8.00. The molecule has 4 nitrogen and oxygen atoms in total. The van der Waals surface area contributed by atoms with Crippen molar-refractivity contribution in [1.82, 2.24) is 19.9 Å². The molecule has 6 aromatic carbocycles. The summed E-state index contributed by atoms with van der Waals surface area (Å²) in [5.74, 6) is 1.96. The number of fused-ring (bicyclic) bond motifs is 2. The maximum Gasteiger partial charge on any atom is 0.164 e. The van der Waals surface area contributed by atoms with Crippen LogP contribution in [0.3, 0.4) is 0 Å². The van der Waals surface area contributed by atoms with Crippen LogP contribution in [0.15, 0.2) is 158 Å². The van der Waals surface area contributed by atoms with Gasteiger partial charge in [0.1, 0.15) is 0 Å². The highest BCUT2D eigenvalue weighted by atomic mass is 15.0. The Hall–Kier alpha value is -6.00. The lowest BCUT2D eigenvalue weighted by molar-refractivity contribution is 1.07. The molecule has 0 bridgehead atoms. The number of rotatable bonds is 5. The van der Waals surface area contributed by atoms with Crippen LogP contribution in [0.4, 0.5) is 0 Å². The molecule has 0 aliphatic rings. The van der Waals surface area contributed by atoms with Crippen molar-refractivity contribution in [3.8, 4) is 56.4 Å². The van der Waals surface area contributed by atoms with E-state index in [9.17, 15) is 0 Å². The van der Waals surface area contributed by atoms with E-state index in [-0.39, 0.29) is 0 Å². The van der Waals surface area contributed by atoms with E-state index in [1.54, 1.807) is 0 Å². The number of aromatic nitrogens is 4. The Morgan fingerprint density at radius 1 is 0.318 bits per heavy atom. The van der Waals surface area contributed by atoms with Crippen LogP contribution < -0.4 is 0 Å². The predicted molar refractivity (Wildman–Crippen MR) is 180 cm³/mol. The largest absolute Gasteiger partial charge is 0.256 e. The summed E-state index contributed by atoms with van der Waals surface area (Å²) >= 11 is 0. The molecule has 8 aromatic rings. The smallest absolute Gasteiger partial charge is 0.164 e. The molecule has 2 heterocycles. The molecule has 0 fully saturated rings. The van der Waals surface area contributed by atoms with Crippen LogP contribution in [0.25, 0.3) is 78.1 Å². The van der Waals surface area contributed by atoms with Crippen molar-refractivity contribution in [2.75, 3.05) is 0 Å². The average molecular weight is 563 g/mol. The van der Waals surface area contributed by atoms with Gasteiger partial charge in [-0.25, -0.2) is 15.0 Å². The molecule has 2 aromatic heterocycles. The minimum atomic E-state index is 0.646. The predicted octanol–water partition coefficient (Wildman–Crippen LogP) is 9.91. The molecular weight excluding hydrogens is 536 g/mol. The zero-order valence-electron chi connectivity index (χ0n) is 23.8. The first-order valence-corrected chi connectivity index (χ1v) is 14.7. The molecule has 8 rings (SSSR count). The van der Waals surface area contributed by atoms with Crippen LogP contribution in [-0.4, -0.2) is 19.9 Å². The molecule has 0 radical (unpaired) electrons. The molecular formula is C40H26N4. The van der Waals surface area contributed by atoms with Crippen molar-refractivity contribution in [3.63, 3.8) is 0 Å². The molecule has 0 unspecified atom stereocenters. The molecule has 206 valence electrons. The molecule has 0 saturated carbocycles. The van der Waals surface area contributed by atoms with Gasteiger partial charge in [0.05, 0.1) is 5.52 Å². The van der Waals surface area contributed by atoms with Crippen molar-refractivity contribution < 1.29 is 0 Å². The van der Waals surface area contributed by atoms with Crippen molar-refractivity contribution in [1.29, 1.82) is 0 Å². The fourth-order valence-corrected chi connectivity index (χ4v) is 5.84. The Morgan fingerprint density at radius 2 is 0.818 bits per heavy atom. The van der Waals surface area contributed by atoms with Crippen LogP contribution in [0, 0.1) is 0 Å². The minimum absolute atomic E-state index is 0.646. The van der Waals surface area contributed by atoms with Gasteiger partial charge in [-0.05, 0) is 33.5 Å². The molecule has 0 saturated heterocycles. The van der Waals surface area contributed by atoms with E-state index < -0.39 is 0 Å². The molecule has 44 heavy (non-hydrogen) atoms. The Kier molecular flexibility index (Phi) is 6.43. The van der Waals surface area contributed by atoms with E-state index in [1.807, 2.05) is 72.9 Å². The van der Waals surface area contributed by atoms with E-state index in [2.05, 4.69) is 84.9 Å². The zero-order chi connectivity index (χ0) is 29.3. The Bertz CT molecular complexity index is 2200. The standard InChI is InChI=1S/C40H26N4/c1-3-11-29(12-4-1)38-42-39(30-13-5-2-6-14-30)44-40(43-38)31-22-20-27(21-23-31)32-24-25-35(34-18-8-7-17-33(32)34)36-19-9-15-28-16-10-26-41-37(28)36/h1-26H. The highest BCUT2D eigenvalue weighted by Gasteiger charge is 2.14. The van der Waals surface area contributed by atoms with E-state index in [0.717, 1.165) is 38.7 Å². The summed E-state index contributed by atoms with van der Waals surface area (Å²) in [6.45, 7) is 0. The lowest BCUT2D eigenvalue weighted by Gasteiger charge is -2.14. The van der Waals surface area contributed by atoms with E-state index in [4.69, 9.17) is 19.9 Å². The molecule has 0 aliphatic carbocycles. The van der Waals surface area contributed by atoms with Crippen molar-refractivity contribution >= 4 is 21.7 Å². The SMILES string of the molecule is c1ccc(-c2nc(-c3ccccc3)nc(-c3ccc(-c4ccc(-c5cccc6cccnc56)c5ccccc45)cc3)n2)cc1. The number of benzene rings is 6. The molecule has 0 spiro atoms. The van der Waals surface area contributed by atoms with Crippen LogP contribution in [-0.2, 0) is 0 Å². The summed E-state index contributed by atoms with van der Waals surface area (Å²) in [7, 11) is 0. The summed E-state index contributed by atoms with van der Waals surface area (Å²) in [6, 6.07) is 52.2. The molecule has 0 atom stereocenters. The number of pyridine rings is 1. The fourth-order valence-electron chi connectivity index (χ4n) is 5.84. The average Bonchev–Trinajstić information content (AvgIpc) is 3.11. The van der Waals surface area contributed by atoms with Gasteiger partial charge in [-0.15, -0.1) is 0 Å². The van der Waals surface area contributed by atoms with Crippen LogP contribution in [0.5, 0.6) is 0 Å².